The van der Waals surface area contributed by atoms with Gasteiger partial charge in [-0.25, -0.2) is 4.39 Å². The van der Waals surface area contributed by atoms with Crippen molar-refractivity contribution in [2.45, 2.75) is 103 Å². The number of rotatable bonds is 4. The Labute approximate surface area is 137 Å². The molecule has 0 aromatic carbocycles. The van der Waals surface area contributed by atoms with Crippen molar-refractivity contribution in [3.8, 4) is 0 Å². The van der Waals surface area contributed by atoms with E-state index in [9.17, 15) is 4.39 Å². The molecule has 0 nitrogen and oxygen atoms in total. The van der Waals surface area contributed by atoms with Crippen LogP contribution in [0, 0.1) is 29.6 Å². The van der Waals surface area contributed by atoms with Crippen LogP contribution >= 0.6 is 0 Å². The van der Waals surface area contributed by atoms with Crippen molar-refractivity contribution in [3.05, 3.63) is 0 Å². The number of halogens is 1. The van der Waals surface area contributed by atoms with E-state index in [1.165, 1.54) is 64.2 Å². The van der Waals surface area contributed by atoms with Gasteiger partial charge in [0.2, 0.25) is 0 Å². The van der Waals surface area contributed by atoms with Crippen molar-refractivity contribution in [1.82, 2.24) is 0 Å². The highest BCUT2D eigenvalue weighted by Gasteiger charge is 2.30. The Morgan fingerprint density at radius 2 is 1.00 bits per heavy atom. The fourth-order valence-electron chi connectivity index (χ4n) is 5.59. The van der Waals surface area contributed by atoms with E-state index in [-0.39, 0.29) is 0 Å². The molecule has 0 aliphatic heterocycles. The first-order chi connectivity index (χ1) is 10.7. The molecule has 0 unspecified atom stereocenters. The summed E-state index contributed by atoms with van der Waals surface area (Å²) in [6.45, 7) is 2.43. The SMILES string of the molecule is CC1CCC(C2CCC(CCC3CCC(F)CC3)CC2)CC1. The highest BCUT2D eigenvalue weighted by molar-refractivity contribution is 4.82. The first-order valence-corrected chi connectivity index (χ1v) is 10.3. The average Bonchev–Trinajstić information content (AvgIpc) is 2.56. The fourth-order valence-corrected chi connectivity index (χ4v) is 5.59. The molecule has 0 aromatic rings. The Morgan fingerprint density at radius 1 is 0.591 bits per heavy atom. The highest BCUT2D eigenvalue weighted by Crippen LogP contribution is 2.42. The van der Waals surface area contributed by atoms with Gasteiger partial charge in [-0.05, 0) is 81.0 Å². The van der Waals surface area contributed by atoms with Gasteiger partial charge in [0.05, 0.1) is 0 Å². The van der Waals surface area contributed by atoms with Crippen LogP contribution in [0.15, 0.2) is 0 Å². The van der Waals surface area contributed by atoms with Gasteiger partial charge in [-0.2, -0.15) is 0 Å². The van der Waals surface area contributed by atoms with E-state index in [0.717, 1.165) is 55.3 Å². The van der Waals surface area contributed by atoms with E-state index in [0.29, 0.717) is 0 Å². The van der Waals surface area contributed by atoms with Crippen molar-refractivity contribution >= 4 is 0 Å². The molecule has 3 rings (SSSR count). The summed E-state index contributed by atoms with van der Waals surface area (Å²) in [7, 11) is 0. The average molecular weight is 309 g/mol. The van der Waals surface area contributed by atoms with E-state index in [2.05, 4.69) is 6.92 Å². The first-order valence-electron chi connectivity index (χ1n) is 10.3. The maximum Gasteiger partial charge on any atom is 0.100 e. The van der Waals surface area contributed by atoms with Gasteiger partial charge in [0.15, 0.2) is 0 Å². The van der Waals surface area contributed by atoms with Gasteiger partial charge < -0.3 is 0 Å². The summed E-state index contributed by atoms with van der Waals surface area (Å²) in [5.74, 6) is 4.97. The molecule has 0 saturated heterocycles. The molecule has 0 bridgehead atoms. The van der Waals surface area contributed by atoms with Crippen LogP contribution in [0.1, 0.15) is 96.8 Å². The number of alkyl halides is 1. The molecular weight excluding hydrogens is 271 g/mol. The van der Waals surface area contributed by atoms with Gasteiger partial charge in [-0.15, -0.1) is 0 Å². The van der Waals surface area contributed by atoms with Gasteiger partial charge >= 0.3 is 0 Å². The van der Waals surface area contributed by atoms with E-state index in [1.54, 1.807) is 0 Å². The Morgan fingerprint density at radius 3 is 1.50 bits per heavy atom. The van der Waals surface area contributed by atoms with Crippen LogP contribution in [-0.2, 0) is 0 Å². The second-order valence-electron chi connectivity index (χ2n) is 9.00. The van der Waals surface area contributed by atoms with Crippen LogP contribution in [0.4, 0.5) is 4.39 Å². The van der Waals surface area contributed by atoms with E-state index < -0.39 is 6.17 Å². The summed E-state index contributed by atoms with van der Waals surface area (Å²) >= 11 is 0. The molecule has 0 radical (unpaired) electrons. The Balaban J connectivity index is 1.32. The zero-order valence-corrected chi connectivity index (χ0v) is 14.7. The molecule has 128 valence electrons. The zero-order valence-electron chi connectivity index (χ0n) is 14.7. The molecule has 3 aliphatic rings. The van der Waals surface area contributed by atoms with E-state index in [1.807, 2.05) is 0 Å². The normalized spacial score (nSPS) is 43.9. The Hall–Kier alpha value is -0.0700. The largest absolute Gasteiger partial charge is 0.247 e. The molecule has 22 heavy (non-hydrogen) atoms. The summed E-state index contributed by atoms with van der Waals surface area (Å²) in [5, 5.41) is 0. The summed E-state index contributed by atoms with van der Waals surface area (Å²) < 4.78 is 13.2. The smallest absolute Gasteiger partial charge is 0.100 e. The van der Waals surface area contributed by atoms with Crippen molar-refractivity contribution in [2.75, 3.05) is 0 Å². The third-order valence-corrected chi connectivity index (χ3v) is 7.38. The molecule has 1 heteroatoms. The maximum atomic E-state index is 13.2. The third-order valence-electron chi connectivity index (χ3n) is 7.38. The second kappa shape index (κ2) is 8.15. The lowest BCUT2D eigenvalue weighted by Crippen LogP contribution is -2.25. The molecule has 3 fully saturated rings. The lowest BCUT2D eigenvalue weighted by Gasteiger charge is -2.37. The van der Waals surface area contributed by atoms with Crippen LogP contribution < -0.4 is 0 Å². The van der Waals surface area contributed by atoms with E-state index in [4.69, 9.17) is 0 Å². The number of hydrogen-bond acceptors (Lipinski definition) is 0. The zero-order chi connectivity index (χ0) is 15.4. The lowest BCUT2D eigenvalue weighted by molar-refractivity contribution is 0.140. The molecule has 3 aliphatic carbocycles. The highest BCUT2D eigenvalue weighted by atomic mass is 19.1. The Bertz CT molecular complexity index is 302. The van der Waals surface area contributed by atoms with Crippen molar-refractivity contribution < 1.29 is 4.39 Å². The molecule has 3 saturated carbocycles. The standard InChI is InChI=1S/C21H37F/c1-16-2-10-19(11-3-16)20-12-6-17(7-13-20)4-5-18-8-14-21(22)15-9-18/h16-21H,2-15H2,1H3. The molecule has 0 amide bonds. The summed E-state index contributed by atoms with van der Waals surface area (Å²) in [6, 6.07) is 0. The van der Waals surface area contributed by atoms with Gasteiger partial charge in [0.1, 0.15) is 6.17 Å². The van der Waals surface area contributed by atoms with Gasteiger partial charge in [-0.3, -0.25) is 0 Å². The van der Waals surface area contributed by atoms with Crippen LogP contribution in [0.2, 0.25) is 0 Å². The monoisotopic (exact) mass is 308 g/mol. The van der Waals surface area contributed by atoms with Gasteiger partial charge in [-0.1, -0.05) is 45.4 Å². The quantitative estimate of drug-likeness (QED) is 0.528. The minimum Gasteiger partial charge on any atom is -0.247 e. The van der Waals surface area contributed by atoms with Crippen molar-refractivity contribution in [3.63, 3.8) is 0 Å². The van der Waals surface area contributed by atoms with Crippen molar-refractivity contribution in [1.29, 1.82) is 0 Å². The molecular formula is C21H37F. The summed E-state index contributed by atoms with van der Waals surface area (Å²) in [5.41, 5.74) is 0. The third kappa shape index (κ3) is 4.71. The number of hydrogen-bond donors (Lipinski definition) is 0. The molecule has 0 atom stereocenters. The van der Waals surface area contributed by atoms with Crippen LogP contribution in [0.25, 0.3) is 0 Å². The van der Waals surface area contributed by atoms with E-state index >= 15 is 0 Å². The summed E-state index contributed by atoms with van der Waals surface area (Å²) in [6.07, 6.45) is 18.4. The predicted octanol–water partition coefficient (Wildman–Crippen LogP) is 6.93. The molecule has 0 N–H and O–H groups in total. The minimum atomic E-state index is -0.482. The second-order valence-corrected chi connectivity index (χ2v) is 9.00. The summed E-state index contributed by atoms with van der Waals surface area (Å²) in [4.78, 5) is 0. The molecule has 0 spiro atoms. The topological polar surface area (TPSA) is 0 Å². The lowest BCUT2D eigenvalue weighted by atomic mass is 9.68. The van der Waals surface area contributed by atoms with Gasteiger partial charge in [0.25, 0.3) is 0 Å². The first kappa shape index (κ1) is 16.8. The predicted molar refractivity (Wildman–Crippen MR) is 92.7 cm³/mol. The minimum absolute atomic E-state index is 0.482. The van der Waals surface area contributed by atoms with Crippen LogP contribution in [0.3, 0.4) is 0 Å². The molecule has 0 heterocycles. The van der Waals surface area contributed by atoms with Crippen LogP contribution in [0.5, 0.6) is 0 Å². The maximum absolute atomic E-state index is 13.2. The van der Waals surface area contributed by atoms with Crippen LogP contribution in [-0.4, -0.2) is 6.17 Å². The van der Waals surface area contributed by atoms with Gasteiger partial charge in [0, 0.05) is 0 Å². The molecule has 0 aromatic heterocycles. The Kier molecular flexibility index (Phi) is 6.22. The van der Waals surface area contributed by atoms with Crippen molar-refractivity contribution in [2.24, 2.45) is 29.6 Å². The fraction of sp³-hybridized carbons (Fsp3) is 1.00.